The summed E-state index contributed by atoms with van der Waals surface area (Å²) < 4.78 is 28.1. The van der Waals surface area contributed by atoms with Gasteiger partial charge in [0.15, 0.2) is 0 Å². The molecule has 10 aromatic rings. The number of hydrogen-bond acceptors (Lipinski definition) is 3. The fourth-order valence-corrected chi connectivity index (χ4v) is 9.83. The first-order chi connectivity index (χ1) is 26.0. The molecular formula is C48H28ClO3P. The predicted molar refractivity (Wildman–Crippen MR) is 223 cm³/mol. The van der Waals surface area contributed by atoms with E-state index in [0.717, 1.165) is 98.0 Å². The highest BCUT2D eigenvalue weighted by molar-refractivity contribution is 7.82. The van der Waals surface area contributed by atoms with E-state index in [4.69, 9.17) is 20.3 Å². The van der Waals surface area contributed by atoms with Crippen LogP contribution in [-0.4, -0.2) is 0 Å². The summed E-state index contributed by atoms with van der Waals surface area (Å²) in [6.07, 6.45) is 0. The molecule has 250 valence electrons. The van der Waals surface area contributed by atoms with Gasteiger partial charge in [-0.2, -0.15) is 0 Å². The van der Waals surface area contributed by atoms with Gasteiger partial charge in [-0.1, -0.05) is 146 Å². The van der Waals surface area contributed by atoms with E-state index in [0.29, 0.717) is 11.5 Å². The van der Waals surface area contributed by atoms with E-state index in [1.807, 2.05) is 12.1 Å². The van der Waals surface area contributed by atoms with Gasteiger partial charge in [0, 0.05) is 44.6 Å². The molecule has 11 rings (SSSR count). The summed E-state index contributed by atoms with van der Waals surface area (Å²) in [5.74, 6) is 0.875. The van der Waals surface area contributed by atoms with Crippen molar-refractivity contribution in [2.45, 2.75) is 0 Å². The lowest BCUT2D eigenvalue weighted by molar-refractivity contribution is 0.413. The summed E-state index contributed by atoms with van der Waals surface area (Å²) in [5, 5.41) is 12.5. The second-order valence-electron chi connectivity index (χ2n) is 13.7. The fourth-order valence-electron chi connectivity index (χ4n) is 8.56. The van der Waals surface area contributed by atoms with Gasteiger partial charge in [-0.15, -0.1) is 0 Å². The molecule has 0 spiro atoms. The Morgan fingerprint density at radius 1 is 0.340 bits per heavy atom. The molecule has 1 aliphatic rings. The standard InChI is InChI=1S/C48H28ClO3P/c49-53(50)51-47-41(43-35-19-7-1-13-29(35)25-30-14-2-8-20-36(30)43)27-33-17-5-11-23-39(33)45(47)46-40-24-12-6-18-34(40)28-42(48(46)52-53)44-37-21-9-3-15-31(37)26-32-16-4-10-22-38(32)44/h1-28H. The molecule has 0 amide bonds. The maximum absolute atomic E-state index is 14.8. The van der Waals surface area contributed by atoms with Gasteiger partial charge in [-0.25, -0.2) is 4.57 Å². The van der Waals surface area contributed by atoms with Crippen LogP contribution in [0.5, 0.6) is 11.5 Å². The lowest BCUT2D eigenvalue weighted by Crippen LogP contribution is -1.97. The normalized spacial score (nSPS) is 13.5. The van der Waals surface area contributed by atoms with Gasteiger partial charge in [0.05, 0.1) is 0 Å². The summed E-state index contributed by atoms with van der Waals surface area (Å²) in [6, 6.07) is 58.9. The lowest BCUT2D eigenvalue weighted by atomic mass is 9.83. The number of benzene rings is 10. The van der Waals surface area contributed by atoms with Crippen LogP contribution >= 0.6 is 18.2 Å². The van der Waals surface area contributed by atoms with Crippen molar-refractivity contribution < 1.29 is 13.6 Å². The van der Waals surface area contributed by atoms with Crippen LogP contribution in [0.15, 0.2) is 170 Å². The van der Waals surface area contributed by atoms with E-state index >= 15 is 0 Å². The topological polar surface area (TPSA) is 35.5 Å². The van der Waals surface area contributed by atoms with Crippen LogP contribution in [0.3, 0.4) is 0 Å². The first-order valence-corrected chi connectivity index (χ1v) is 20.1. The summed E-state index contributed by atoms with van der Waals surface area (Å²) in [7, 11) is 0. The van der Waals surface area contributed by atoms with Crippen LogP contribution in [-0.2, 0) is 4.57 Å². The summed E-state index contributed by atoms with van der Waals surface area (Å²) in [5.41, 5.74) is 5.17. The third-order valence-corrected chi connectivity index (χ3v) is 12.0. The molecule has 10 aromatic carbocycles. The molecular weight excluding hydrogens is 691 g/mol. The summed E-state index contributed by atoms with van der Waals surface area (Å²) >= 11 is 7.04. The minimum atomic E-state index is -4.31. The Bertz CT molecular complexity index is 2920. The highest BCUT2D eigenvalue weighted by Crippen LogP contribution is 2.65. The fraction of sp³-hybridized carbons (Fsp3) is 0. The quantitative estimate of drug-likeness (QED) is 0.132. The molecule has 0 atom stereocenters. The van der Waals surface area contributed by atoms with Gasteiger partial charge < -0.3 is 9.05 Å². The maximum atomic E-state index is 14.8. The molecule has 0 N–H and O–H groups in total. The highest BCUT2D eigenvalue weighted by atomic mass is 35.7. The number of hydrogen-bond donors (Lipinski definition) is 0. The van der Waals surface area contributed by atoms with Crippen LogP contribution in [0, 0.1) is 0 Å². The van der Waals surface area contributed by atoms with E-state index in [2.05, 4.69) is 158 Å². The Morgan fingerprint density at radius 2 is 0.585 bits per heavy atom. The van der Waals surface area contributed by atoms with E-state index in [9.17, 15) is 4.57 Å². The maximum Gasteiger partial charge on any atom is 0.530 e. The summed E-state index contributed by atoms with van der Waals surface area (Å²) in [6.45, 7) is -4.31. The van der Waals surface area contributed by atoms with E-state index in [1.165, 1.54) is 0 Å². The molecule has 0 saturated heterocycles. The largest absolute Gasteiger partial charge is 0.530 e. The van der Waals surface area contributed by atoms with Crippen molar-refractivity contribution >= 4 is 82.8 Å². The Kier molecular flexibility index (Phi) is 6.58. The molecule has 0 radical (unpaired) electrons. The number of halogens is 1. The van der Waals surface area contributed by atoms with Gasteiger partial charge in [-0.05, 0) is 88.9 Å². The average molecular weight is 719 g/mol. The van der Waals surface area contributed by atoms with Crippen LogP contribution in [0.1, 0.15) is 0 Å². The molecule has 1 heterocycles. The van der Waals surface area contributed by atoms with Crippen molar-refractivity contribution in [3.8, 4) is 44.9 Å². The SMILES string of the molecule is O=P1(Cl)Oc2c(-c3c4ccccc4cc4ccccc34)cc3ccccc3c2-c2c(c(-c3c4ccccc4cc4ccccc34)cc3ccccc23)O1. The van der Waals surface area contributed by atoms with Crippen molar-refractivity contribution in [2.24, 2.45) is 0 Å². The van der Waals surface area contributed by atoms with Gasteiger partial charge in [0.1, 0.15) is 11.5 Å². The van der Waals surface area contributed by atoms with Gasteiger partial charge >= 0.3 is 6.95 Å². The third-order valence-electron chi connectivity index (χ3n) is 10.7. The zero-order valence-corrected chi connectivity index (χ0v) is 29.9. The molecule has 0 aliphatic carbocycles. The smallest absolute Gasteiger partial charge is 0.403 e. The van der Waals surface area contributed by atoms with Gasteiger partial charge in [0.25, 0.3) is 0 Å². The van der Waals surface area contributed by atoms with Crippen LogP contribution in [0.4, 0.5) is 0 Å². The molecule has 0 unspecified atom stereocenters. The molecule has 3 nitrogen and oxygen atoms in total. The Hall–Kier alpha value is -6.12. The monoisotopic (exact) mass is 718 g/mol. The molecule has 0 fully saturated rings. The first-order valence-electron chi connectivity index (χ1n) is 17.6. The van der Waals surface area contributed by atoms with Crippen molar-refractivity contribution in [3.63, 3.8) is 0 Å². The van der Waals surface area contributed by atoms with Crippen molar-refractivity contribution in [1.29, 1.82) is 0 Å². The highest BCUT2D eigenvalue weighted by Gasteiger charge is 2.38. The Labute approximate surface area is 309 Å². The average Bonchev–Trinajstić information content (AvgIpc) is 3.32. The van der Waals surface area contributed by atoms with Crippen LogP contribution < -0.4 is 9.05 Å². The lowest BCUT2D eigenvalue weighted by Gasteiger charge is -2.21. The van der Waals surface area contributed by atoms with Crippen LogP contribution in [0.25, 0.3) is 98.0 Å². The zero-order valence-electron chi connectivity index (χ0n) is 28.2. The molecule has 5 heteroatoms. The summed E-state index contributed by atoms with van der Waals surface area (Å²) in [4.78, 5) is 0. The minimum Gasteiger partial charge on any atom is -0.403 e. The second-order valence-corrected chi connectivity index (χ2v) is 16.2. The zero-order chi connectivity index (χ0) is 35.3. The van der Waals surface area contributed by atoms with E-state index in [-0.39, 0.29) is 0 Å². The minimum absolute atomic E-state index is 0.437. The predicted octanol–water partition coefficient (Wildman–Crippen LogP) is 14.7. The second kappa shape index (κ2) is 11.4. The first kappa shape index (κ1) is 30.5. The Balaban J connectivity index is 1.37. The molecule has 0 bridgehead atoms. The Morgan fingerprint density at radius 3 is 0.887 bits per heavy atom. The van der Waals surface area contributed by atoms with Gasteiger partial charge in [-0.3, -0.25) is 0 Å². The number of rotatable bonds is 2. The molecule has 0 aromatic heterocycles. The van der Waals surface area contributed by atoms with Gasteiger partial charge in [0.2, 0.25) is 0 Å². The van der Waals surface area contributed by atoms with E-state index in [1.54, 1.807) is 0 Å². The number of fused-ring (bicyclic) bond motifs is 11. The third kappa shape index (κ3) is 4.65. The van der Waals surface area contributed by atoms with Crippen molar-refractivity contribution in [3.05, 3.63) is 170 Å². The van der Waals surface area contributed by atoms with Crippen molar-refractivity contribution in [1.82, 2.24) is 0 Å². The van der Waals surface area contributed by atoms with Crippen LogP contribution in [0.2, 0.25) is 0 Å². The van der Waals surface area contributed by atoms with E-state index < -0.39 is 6.95 Å². The van der Waals surface area contributed by atoms with Crippen molar-refractivity contribution in [2.75, 3.05) is 0 Å². The molecule has 53 heavy (non-hydrogen) atoms. The molecule has 0 saturated carbocycles. The molecule has 1 aliphatic heterocycles.